The van der Waals surface area contributed by atoms with Crippen LogP contribution >= 0.6 is 0 Å². The van der Waals surface area contributed by atoms with Gasteiger partial charge in [-0.25, -0.2) is 12.8 Å². The maximum Gasteiger partial charge on any atom is 0.244 e. The molecule has 0 aliphatic carbocycles. The standard InChI is InChI=1S/C29H34FN3O4S/c1-4-22-13-17-26(18-14-22)33(38(3,36)37)21-28(34)32(20-24-11-15-25(30)16-12-24)27(29(35)31-5-2)19-23-9-7-6-8-10-23/h6-18,27H,4-5,19-21H2,1-3H3,(H,31,35). The Morgan fingerprint density at radius 2 is 1.47 bits per heavy atom. The number of amides is 2. The Balaban J connectivity index is 2.01. The molecule has 0 spiro atoms. The lowest BCUT2D eigenvalue weighted by atomic mass is 10.0. The van der Waals surface area contributed by atoms with E-state index < -0.39 is 34.3 Å². The Kier molecular flexibility index (Phi) is 10.0. The van der Waals surface area contributed by atoms with Gasteiger partial charge < -0.3 is 10.2 Å². The van der Waals surface area contributed by atoms with Crippen molar-refractivity contribution in [1.29, 1.82) is 0 Å². The third-order valence-electron chi connectivity index (χ3n) is 6.20. The number of hydrogen-bond acceptors (Lipinski definition) is 4. The summed E-state index contributed by atoms with van der Waals surface area (Å²) in [7, 11) is -3.82. The maximum absolute atomic E-state index is 13.9. The SMILES string of the molecule is CCNC(=O)C(Cc1ccccc1)N(Cc1ccc(F)cc1)C(=O)CN(c1ccc(CC)cc1)S(C)(=O)=O. The maximum atomic E-state index is 13.9. The van der Waals surface area contributed by atoms with Crippen LogP contribution in [0.5, 0.6) is 0 Å². The summed E-state index contributed by atoms with van der Waals surface area (Å²) in [6, 6.07) is 21.0. The number of nitrogens with zero attached hydrogens (tertiary/aromatic N) is 2. The fourth-order valence-electron chi connectivity index (χ4n) is 4.14. The summed E-state index contributed by atoms with van der Waals surface area (Å²) in [5.41, 5.74) is 2.85. The Morgan fingerprint density at radius 3 is 2.03 bits per heavy atom. The van der Waals surface area contributed by atoms with Crippen molar-refractivity contribution < 1.29 is 22.4 Å². The molecule has 0 saturated heterocycles. The quantitative estimate of drug-likeness (QED) is 0.378. The van der Waals surface area contributed by atoms with E-state index >= 15 is 0 Å². The molecule has 0 aromatic heterocycles. The molecule has 9 heteroatoms. The molecular formula is C29H34FN3O4S. The second-order valence-corrected chi connectivity index (χ2v) is 10.9. The van der Waals surface area contributed by atoms with Crippen molar-refractivity contribution in [1.82, 2.24) is 10.2 Å². The van der Waals surface area contributed by atoms with E-state index in [2.05, 4.69) is 5.32 Å². The normalized spacial score (nSPS) is 12.0. The smallest absolute Gasteiger partial charge is 0.244 e. The number of carbonyl (C=O) groups excluding carboxylic acids is 2. The molecule has 0 heterocycles. The van der Waals surface area contributed by atoms with Gasteiger partial charge in [0.25, 0.3) is 0 Å². The van der Waals surface area contributed by atoms with E-state index in [0.717, 1.165) is 28.1 Å². The molecule has 0 fully saturated rings. The first-order valence-corrected chi connectivity index (χ1v) is 14.4. The highest BCUT2D eigenvalue weighted by molar-refractivity contribution is 7.92. The highest BCUT2D eigenvalue weighted by Crippen LogP contribution is 2.21. The van der Waals surface area contributed by atoms with Crippen molar-refractivity contribution in [3.63, 3.8) is 0 Å². The molecule has 3 aromatic carbocycles. The summed E-state index contributed by atoms with van der Waals surface area (Å²) in [4.78, 5) is 28.5. The Morgan fingerprint density at radius 1 is 0.868 bits per heavy atom. The van der Waals surface area contributed by atoms with Gasteiger partial charge in [-0.15, -0.1) is 0 Å². The van der Waals surface area contributed by atoms with Crippen molar-refractivity contribution in [2.75, 3.05) is 23.7 Å². The molecule has 1 atom stereocenters. The first-order chi connectivity index (χ1) is 18.1. The summed E-state index contributed by atoms with van der Waals surface area (Å²) >= 11 is 0. The second kappa shape index (κ2) is 13.2. The van der Waals surface area contributed by atoms with Gasteiger partial charge in [-0.3, -0.25) is 13.9 Å². The fourth-order valence-corrected chi connectivity index (χ4v) is 4.99. The van der Waals surface area contributed by atoms with Crippen LogP contribution < -0.4 is 9.62 Å². The van der Waals surface area contributed by atoms with Crippen molar-refractivity contribution in [2.45, 2.75) is 39.3 Å². The highest BCUT2D eigenvalue weighted by Gasteiger charge is 2.32. The van der Waals surface area contributed by atoms with Crippen molar-refractivity contribution in [3.8, 4) is 0 Å². The van der Waals surface area contributed by atoms with Gasteiger partial charge in [-0.05, 0) is 54.3 Å². The first-order valence-electron chi connectivity index (χ1n) is 12.5. The monoisotopic (exact) mass is 539 g/mol. The van der Waals surface area contributed by atoms with Crippen molar-refractivity contribution in [3.05, 3.63) is 101 Å². The predicted molar refractivity (Wildman–Crippen MR) is 148 cm³/mol. The summed E-state index contributed by atoms with van der Waals surface area (Å²) in [5.74, 6) is -1.33. The average Bonchev–Trinajstić information content (AvgIpc) is 2.90. The molecule has 1 unspecified atom stereocenters. The zero-order chi connectivity index (χ0) is 27.7. The largest absolute Gasteiger partial charge is 0.355 e. The van der Waals surface area contributed by atoms with E-state index in [0.29, 0.717) is 17.8 Å². The molecule has 0 saturated carbocycles. The molecule has 0 aliphatic heterocycles. The van der Waals surface area contributed by atoms with Gasteiger partial charge >= 0.3 is 0 Å². The first kappa shape index (κ1) is 28.8. The van der Waals surface area contributed by atoms with Gasteiger partial charge in [0.1, 0.15) is 18.4 Å². The fraction of sp³-hybridized carbons (Fsp3) is 0.310. The van der Waals surface area contributed by atoms with Crippen molar-refractivity contribution in [2.24, 2.45) is 0 Å². The number of hydrogen-bond donors (Lipinski definition) is 1. The summed E-state index contributed by atoms with van der Waals surface area (Å²) in [6.07, 6.45) is 2.06. The molecule has 3 rings (SSSR count). The summed E-state index contributed by atoms with van der Waals surface area (Å²) < 4.78 is 40.2. The minimum atomic E-state index is -3.82. The minimum absolute atomic E-state index is 0.000121. The highest BCUT2D eigenvalue weighted by atomic mass is 32.2. The van der Waals surface area contributed by atoms with Crippen LogP contribution in [0.2, 0.25) is 0 Å². The van der Waals surface area contributed by atoms with Gasteiger partial charge in [-0.1, -0.05) is 61.5 Å². The molecule has 3 aromatic rings. The van der Waals surface area contributed by atoms with E-state index in [1.807, 2.05) is 49.4 Å². The van der Waals surface area contributed by atoms with Gasteiger partial charge in [0, 0.05) is 19.5 Å². The van der Waals surface area contributed by atoms with Gasteiger partial charge in [-0.2, -0.15) is 0 Å². The number of likely N-dealkylation sites (N-methyl/N-ethyl adjacent to an activating group) is 1. The van der Waals surface area contributed by atoms with Crippen LogP contribution in [-0.4, -0.2) is 50.5 Å². The molecule has 0 aliphatic rings. The Labute approximate surface area is 224 Å². The topological polar surface area (TPSA) is 86.8 Å². The lowest BCUT2D eigenvalue weighted by Gasteiger charge is -2.33. The average molecular weight is 540 g/mol. The Bertz CT molecular complexity index is 1310. The second-order valence-electron chi connectivity index (χ2n) is 9.04. The van der Waals surface area contributed by atoms with Crippen LogP contribution in [0.4, 0.5) is 10.1 Å². The van der Waals surface area contributed by atoms with Crippen LogP contribution in [0, 0.1) is 5.82 Å². The number of rotatable bonds is 12. The zero-order valence-corrected chi connectivity index (χ0v) is 22.7. The third-order valence-corrected chi connectivity index (χ3v) is 7.34. The van der Waals surface area contributed by atoms with Gasteiger partial charge in [0.15, 0.2) is 0 Å². The summed E-state index contributed by atoms with van der Waals surface area (Å²) in [5, 5.41) is 2.80. The van der Waals surface area contributed by atoms with Crippen molar-refractivity contribution >= 4 is 27.5 Å². The molecule has 7 nitrogen and oxygen atoms in total. The number of anilines is 1. The number of benzene rings is 3. The van der Waals surface area contributed by atoms with Crippen LogP contribution in [0.25, 0.3) is 0 Å². The van der Waals surface area contributed by atoms with Gasteiger partial charge in [0.2, 0.25) is 21.8 Å². The van der Waals surface area contributed by atoms with Crippen LogP contribution in [-0.2, 0) is 39.0 Å². The molecule has 38 heavy (non-hydrogen) atoms. The molecule has 2 amide bonds. The molecule has 1 N–H and O–H groups in total. The van der Waals surface area contributed by atoms with Crippen LogP contribution in [0.1, 0.15) is 30.5 Å². The van der Waals surface area contributed by atoms with E-state index in [1.54, 1.807) is 31.2 Å². The number of carbonyl (C=O) groups is 2. The zero-order valence-electron chi connectivity index (χ0n) is 21.9. The van der Waals surface area contributed by atoms with E-state index in [9.17, 15) is 22.4 Å². The third kappa shape index (κ3) is 7.89. The number of nitrogens with one attached hydrogen (secondary N) is 1. The lowest BCUT2D eigenvalue weighted by Crippen LogP contribution is -2.53. The molecule has 0 radical (unpaired) electrons. The minimum Gasteiger partial charge on any atom is -0.355 e. The van der Waals surface area contributed by atoms with Crippen LogP contribution in [0.15, 0.2) is 78.9 Å². The van der Waals surface area contributed by atoms with Gasteiger partial charge in [0.05, 0.1) is 11.9 Å². The number of aryl methyl sites for hydroxylation is 1. The van der Waals surface area contributed by atoms with E-state index in [1.165, 1.54) is 17.0 Å². The predicted octanol–water partition coefficient (Wildman–Crippen LogP) is 3.93. The lowest BCUT2D eigenvalue weighted by molar-refractivity contribution is -0.140. The molecule has 0 bridgehead atoms. The molecular weight excluding hydrogens is 505 g/mol. The summed E-state index contributed by atoms with van der Waals surface area (Å²) in [6.45, 7) is 3.65. The number of sulfonamides is 1. The molecule has 202 valence electrons. The van der Waals surface area contributed by atoms with E-state index in [4.69, 9.17) is 0 Å². The van der Waals surface area contributed by atoms with E-state index in [-0.39, 0.29) is 18.9 Å². The van der Waals surface area contributed by atoms with Crippen LogP contribution in [0.3, 0.4) is 0 Å². The Hall–Kier alpha value is -3.72. The number of halogens is 1.